The molecular weight excluding hydrogens is 442 g/mol. The molecule has 1 aromatic carbocycles. The van der Waals surface area contributed by atoms with Crippen molar-refractivity contribution in [2.24, 2.45) is 5.11 Å². The maximum absolute atomic E-state index is 12.2. The molecule has 0 bridgehead atoms. The zero-order valence-electron chi connectivity index (χ0n) is 20.3. The van der Waals surface area contributed by atoms with Gasteiger partial charge in [-0.3, -0.25) is 9.59 Å². The largest absolute Gasteiger partial charge is 0.466 e. The van der Waals surface area contributed by atoms with Crippen molar-refractivity contribution in [2.75, 3.05) is 13.2 Å². The van der Waals surface area contributed by atoms with E-state index in [-0.39, 0.29) is 37.6 Å². The lowest BCUT2D eigenvalue weighted by atomic mass is 10.00. The van der Waals surface area contributed by atoms with E-state index in [1.165, 1.54) is 6.92 Å². The molecule has 0 saturated carbocycles. The van der Waals surface area contributed by atoms with E-state index in [0.29, 0.717) is 0 Å². The Morgan fingerprint density at radius 1 is 1.30 bits per heavy atom. The van der Waals surface area contributed by atoms with E-state index < -0.39 is 38.1 Å². The number of azide groups is 1. The first-order valence-corrected chi connectivity index (χ1v) is 14.3. The van der Waals surface area contributed by atoms with E-state index in [9.17, 15) is 15.1 Å². The van der Waals surface area contributed by atoms with Gasteiger partial charge in [0, 0.05) is 29.8 Å². The third-order valence-electron chi connectivity index (χ3n) is 5.97. The van der Waals surface area contributed by atoms with Crippen LogP contribution in [0.3, 0.4) is 0 Å². The first-order chi connectivity index (χ1) is 15.5. The molecule has 9 nitrogen and oxygen atoms in total. The predicted octanol–water partition coefficient (Wildman–Crippen LogP) is 4.08. The minimum Gasteiger partial charge on any atom is -0.466 e. The molecule has 0 unspecified atom stereocenters. The van der Waals surface area contributed by atoms with Gasteiger partial charge in [-0.15, -0.1) is 0 Å². The Balaban J connectivity index is 2.55. The summed E-state index contributed by atoms with van der Waals surface area (Å²) in [6, 6.07) is 9.33. The highest BCUT2D eigenvalue weighted by Crippen LogP contribution is 2.40. The predicted molar refractivity (Wildman–Crippen MR) is 127 cm³/mol. The third-order valence-corrected chi connectivity index (χ3v) is 10.2. The molecule has 0 radical (unpaired) electrons. The number of carbonyl (C=O) groups excluding carboxylic acids is 2. The molecule has 4 atom stereocenters. The van der Waals surface area contributed by atoms with Crippen LogP contribution in [-0.4, -0.2) is 57.3 Å². The van der Waals surface area contributed by atoms with E-state index in [2.05, 4.69) is 23.1 Å². The summed E-state index contributed by atoms with van der Waals surface area (Å²) in [5.41, 5.74) is 9.02. The lowest BCUT2D eigenvalue weighted by molar-refractivity contribution is -0.170. The molecular formula is C23H35N3O6Si. The highest BCUT2D eigenvalue weighted by Gasteiger charge is 2.51. The monoisotopic (exact) mass is 477 g/mol. The Labute approximate surface area is 196 Å². The smallest absolute Gasteiger partial charge is 0.305 e. The second-order valence-electron chi connectivity index (χ2n) is 9.17. The van der Waals surface area contributed by atoms with Crippen molar-refractivity contribution in [3.8, 4) is 0 Å². The molecule has 0 aliphatic carbocycles. The second-order valence-corrected chi connectivity index (χ2v) is 13.9. The molecule has 1 aromatic rings. The second kappa shape index (κ2) is 11.6. The molecule has 1 saturated heterocycles. The molecule has 0 amide bonds. The number of nitrogens with zero attached hydrogens (tertiary/aromatic N) is 3. The van der Waals surface area contributed by atoms with Crippen LogP contribution < -0.4 is 5.19 Å². The number of hydrogen-bond donors (Lipinski definition) is 0. The Hall–Kier alpha value is -2.39. The first-order valence-electron chi connectivity index (χ1n) is 11.3. The molecule has 0 spiro atoms. The molecule has 182 valence electrons. The van der Waals surface area contributed by atoms with Crippen molar-refractivity contribution in [1.82, 2.24) is 0 Å². The number of benzene rings is 1. The third kappa shape index (κ3) is 7.30. The van der Waals surface area contributed by atoms with Crippen LogP contribution in [0.25, 0.3) is 10.4 Å². The van der Waals surface area contributed by atoms with Crippen LogP contribution in [0.4, 0.5) is 0 Å². The Morgan fingerprint density at radius 3 is 2.48 bits per heavy atom. The quantitative estimate of drug-likeness (QED) is 0.156. The average Bonchev–Trinajstić information content (AvgIpc) is 3.11. The number of rotatable bonds is 11. The van der Waals surface area contributed by atoms with Gasteiger partial charge in [-0.1, -0.05) is 53.7 Å². The molecule has 2 rings (SSSR count). The van der Waals surface area contributed by atoms with Crippen LogP contribution in [0.5, 0.6) is 0 Å². The van der Waals surface area contributed by atoms with Crippen molar-refractivity contribution in [1.29, 1.82) is 0 Å². The standard InChI is InChI=1S/C23H35N3O6Si/c1-7-29-20(28)14-13-18(25-26-24)22(33(5,6)17-11-9-8-10-12-17)21(31-16(2)27)19-15-30-23(3,4)32-19/h8-12,18-19,21-22H,7,13-15H2,1-6H3/t18-,19-,21-,22+/m1/s1. The molecule has 33 heavy (non-hydrogen) atoms. The van der Waals surface area contributed by atoms with Gasteiger partial charge in [0.05, 0.1) is 21.3 Å². The minimum atomic E-state index is -2.47. The van der Waals surface area contributed by atoms with Gasteiger partial charge in [-0.05, 0) is 32.7 Å². The lowest BCUT2D eigenvalue weighted by Crippen LogP contribution is -2.57. The van der Waals surface area contributed by atoms with Crippen molar-refractivity contribution in [3.63, 3.8) is 0 Å². The van der Waals surface area contributed by atoms with E-state index in [4.69, 9.17) is 18.9 Å². The fourth-order valence-electron chi connectivity index (χ4n) is 4.49. The fraction of sp³-hybridized carbons (Fsp3) is 0.652. The average molecular weight is 478 g/mol. The van der Waals surface area contributed by atoms with Crippen molar-refractivity contribution < 1.29 is 28.5 Å². The molecule has 0 aromatic heterocycles. The topological polar surface area (TPSA) is 120 Å². The molecule has 10 heteroatoms. The van der Waals surface area contributed by atoms with Gasteiger partial charge in [0.2, 0.25) is 0 Å². The Morgan fingerprint density at radius 2 is 1.97 bits per heavy atom. The minimum absolute atomic E-state index is 0.0909. The highest BCUT2D eigenvalue weighted by molar-refractivity contribution is 6.91. The summed E-state index contributed by atoms with van der Waals surface area (Å²) in [6.07, 6.45) is -0.897. The zero-order chi connectivity index (χ0) is 24.6. The van der Waals surface area contributed by atoms with Gasteiger partial charge < -0.3 is 18.9 Å². The first kappa shape index (κ1) is 26.9. The number of esters is 2. The van der Waals surface area contributed by atoms with E-state index in [1.807, 2.05) is 30.3 Å². The number of ether oxygens (including phenoxy) is 4. The summed E-state index contributed by atoms with van der Waals surface area (Å²) < 4.78 is 22.8. The van der Waals surface area contributed by atoms with Crippen LogP contribution in [0, 0.1) is 0 Å². The molecule has 1 aliphatic rings. The molecule has 1 heterocycles. The van der Waals surface area contributed by atoms with Gasteiger partial charge in [-0.2, -0.15) is 0 Å². The summed E-state index contributed by atoms with van der Waals surface area (Å²) in [5, 5.41) is 5.21. The highest BCUT2D eigenvalue weighted by atomic mass is 28.3. The summed E-state index contributed by atoms with van der Waals surface area (Å²) in [6.45, 7) is 11.5. The maximum atomic E-state index is 12.2. The fourth-order valence-corrected chi connectivity index (χ4v) is 8.23. The summed E-state index contributed by atoms with van der Waals surface area (Å²) in [4.78, 5) is 27.4. The van der Waals surface area contributed by atoms with Gasteiger partial charge in [0.25, 0.3) is 0 Å². The summed E-state index contributed by atoms with van der Waals surface area (Å²) in [5.74, 6) is -1.65. The van der Waals surface area contributed by atoms with E-state index in [0.717, 1.165) is 5.19 Å². The molecule has 0 N–H and O–H groups in total. The van der Waals surface area contributed by atoms with Gasteiger partial charge in [0.15, 0.2) is 5.79 Å². The normalized spacial score (nSPS) is 20.2. The SMILES string of the molecule is CCOC(=O)CC[C@@H](N=[N+]=[N-])[C@@H]([C@H](OC(C)=O)[C@H]1COC(C)(C)O1)[Si](C)(C)c1ccccc1. The van der Waals surface area contributed by atoms with Crippen molar-refractivity contribution in [2.45, 2.75) is 83.2 Å². The molecule has 1 aliphatic heterocycles. The molecule has 1 fully saturated rings. The van der Waals surface area contributed by atoms with Gasteiger partial charge in [-0.25, -0.2) is 0 Å². The summed E-state index contributed by atoms with van der Waals surface area (Å²) >= 11 is 0. The zero-order valence-corrected chi connectivity index (χ0v) is 21.3. The maximum Gasteiger partial charge on any atom is 0.305 e. The van der Waals surface area contributed by atoms with Crippen LogP contribution in [0.15, 0.2) is 35.4 Å². The van der Waals surface area contributed by atoms with Crippen molar-refractivity contribution >= 4 is 25.2 Å². The van der Waals surface area contributed by atoms with Crippen LogP contribution in [0.1, 0.15) is 40.5 Å². The van der Waals surface area contributed by atoms with Crippen molar-refractivity contribution in [3.05, 3.63) is 40.8 Å². The van der Waals surface area contributed by atoms with Crippen LogP contribution in [-0.2, 0) is 28.5 Å². The van der Waals surface area contributed by atoms with Crippen LogP contribution >= 0.6 is 0 Å². The number of hydrogen-bond acceptors (Lipinski definition) is 7. The van der Waals surface area contributed by atoms with E-state index in [1.54, 1.807) is 20.8 Å². The van der Waals surface area contributed by atoms with E-state index >= 15 is 0 Å². The van der Waals surface area contributed by atoms with Gasteiger partial charge >= 0.3 is 11.9 Å². The lowest BCUT2D eigenvalue weighted by Gasteiger charge is -2.43. The number of carbonyl (C=O) groups is 2. The Kier molecular flexibility index (Phi) is 9.48. The summed E-state index contributed by atoms with van der Waals surface area (Å²) in [7, 11) is -2.47. The van der Waals surface area contributed by atoms with Crippen LogP contribution in [0.2, 0.25) is 18.6 Å². The van der Waals surface area contributed by atoms with Gasteiger partial charge in [0.1, 0.15) is 12.2 Å². The Bertz CT molecular complexity index is 857.